The highest BCUT2D eigenvalue weighted by Crippen LogP contribution is 2.43. The summed E-state index contributed by atoms with van der Waals surface area (Å²) in [6.45, 7) is 8.56. The Kier molecular flexibility index (Phi) is 9.35. The van der Waals surface area contributed by atoms with E-state index in [2.05, 4.69) is 17.1 Å². The highest BCUT2D eigenvalue weighted by Gasteiger charge is 2.46. The van der Waals surface area contributed by atoms with Crippen molar-refractivity contribution >= 4 is 6.29 Å². The zero-order valence-corrected chi connectivity index (χ0v) is 21.5. The SMILES string of the molecule is CCCCCCCCOC(O)(C=O)C(c1cccc(-n2ncc(-c3ccccc3)n2)c1)C(C)(C)C. The predicted octanol–water partition coefficient (Wildman–Crippen LogP) is 6.33. The smallest absolute Gasteiger partial charge is 0.230 e. The normalized spacial score (nSPS) is 14.4. The number of hydrogen-bond acceptors (Lipinski definition) is 5. The number of carbonyl (C=O) groups is 1. The van der Waals surface area contributed by atoms with E-state index in [-0.39, 0.29) is 0 Å². The van der Waals surface area contributed by atoms with Crippen molar-refractivity contribution in [3.8, 4) is 16.9 Å². The molecule has 2 aromatic carbocycles. The van der Waals surface area contributed by atoms with Gasteiger partial charge in [0.2, 0.25) is 5.79 Å². The maximum atomic E-state index is 12.2. The summed E-state index contributed by atoms with van der Waals surface area (Å²) in [4.78, 5) is 13.8. The number of nitrogens with zero attached hydrogens (tertiary/aromatic N) is 3. The van der Waals surface area contributed by atoms with Crippen molar-refractivity contribution in [3.05, 3.63) is 66.4 Å². The van der Waals surface area contributed by atoms with Gasteiger partial charge in [0, 0.05) is 5.56 Å². The highest BCUT2D eigenvalue weighted by molar-refractivity contribution is 5.63. The maximum Gasteiger partial charge on any atom is 0.230 e. The van der Waals surface area contributed by atoms with Crippen LogP contribution in [0.25, 0.3) is 16.9 Å². The van der Waals surface area contributed by atoms with Crippen LogP contribution in [0.1, 0.15) is 77.7 Å². The molecule has 6 heteroatoms. The average Bonchev–Trinajstić information content (AvgIpc) is 3.34. The van der Waals surface area contributed by atoms with E-state index in [1.54, 1.807) is 11.0 Å². The summed E-state index contributed by atoms with van der Waals surface area (Å²) in [5.41, 5.74) is 2.87. The first-order chi connectivity index (χ1) is 16.8. The molecule has 0 spiro atoms. The zero-order valence-electron chi connectivity index (χ0n) is 21.5. The second-order valence-electron chi connectivity index (χ2n) is 10.3. The molecule has 1 N–H and O–H groups in total. The number of ether oxygens (including phenoxy) is 1. The van der Waals surface area contributed by atoms with Gasteiger partial charge in [-0.05, 0) is 29.5 Å². The fourth-order valence-corrected chi connectivity index (χ4v) is 4.62. The molecule has 0 radical (unpaired) electrons. The van der Waals surface area contributed by atoms with E-state index in [9.17, 15) is 9.90 Å². The van der Waals surface area contributed by atoms with E-state index in [4.69, 9.17) is 4.74 Å². The number of aldehydes is 1. The van der Waals surface area contributed by atoms with Crippen LogP contribution in [0.4, 0.5) is 0 Å². The maximum absolute atomic E-state index is 12.2. The molecule has 1 heterocycles. The molecule has 188 valence electrons. The first-order valence-corrected chi connectivity index (χ1v) is 12.7. The number of unbranched alkanes of at least 4 members (excludes halogenated alkanes) is 5. The minimum atomic E-state index is -1.92. The van der Waals surface area contributed by atoms with Crippen LogP contribution in [0, 0.1) is 5.41 Å². The van der Waals surface area contributed by atoms with E-state index in [0.29, 0.717) is 12.9 Å². The largest absolute Gasteiger partial charge is 0.359 e. The number of hydrogen-bond donors (Lipinski definition) is 1. The number of benzene rings is 2. The molecule has 0 saturated carbocycles. The number of carbonyl (C=O) groups excluding carboxylic acids is 1. The van der Waals surface area contributed by atoms with Gasteiger partial charge in [-0.2, -0.15) is 9.90 Å². The number of rotatable bonds is 13. The Balaban J connectivity index is 1.81. The molecule has 3 rings (SSSR count). The molecule has 0 aliphatic rings. The molecule has 0 bridgehead atoms. The lowest BCUT2D eigenvalue weighted by molar-refractivity contribution is -0.216. The Bertz CT molecular complexity index is 1060. The second kappa shape index (κ2) is 12.2. The molecule has 0 amide bonds. The lowest BCUT2D eigenvalue weighted by Crippen LogP contribution is -2.46. The fraction of sp³-hybridized carbons (Fsp3) is 0.483. The van der Waals surface area contributed by atoms with E-state index in [1.165, 1.54) is 19.3 Å². The number of aliphatic hydroxyl groups is 1. The molecule has 0 aliphatic carbocycles. The van der Waals surface area contributed by atoms with Crippen LogP contribution in [-0.2, 0) is 9.53 Å². The van der Waals surface area contributed by atoms with Crippen LogP contribution in [-0.4, -0.2) is 38.8 Å². The van der Waals surface area contributed by atoms with Gasteiger partial charge in [0.25, 0.3) is 0 Å². The van der Waals surface area contributed by atoms with E-state index >= 15 is 0 Å². The molecule has 1 aromatic heterocycles. The van der Waals surface area contributed by atoms with Crippen LogP contribution in [0.15, 0.2) is 60.8 Å². The van der Waals surface area contributed by atoms with Crippen molar-refractivity contribution in [1.29, 1.82) is 0 Å². The summed E-state index contributed by atoms with van der Waals surface area (Å²) >= 11 is 0. The van der Waals surface area contributed by atoms with Gasteiger partial charge in [-0.25, -0.2) is 0 Å². The van der Waals surface area contributed by atoms with Crippen molar-refractivity contribution < 1.29 is 14.6 Å². The monoisotopic (exact) mass is 477 g/mol. The van der Waals surface area contributed by atoms with Crippen LogP contribution in [0.5, 0.6) is 0 Å². The molecule has 0 aliphatic heterocycles. The van der Waals surface area contributed by atoms with Gasteiger partial charge < -0.3 is 9.84 Å². The van der Waals surface area contributed by atoms with Crippen molar-refractivity contribution in [2.24, 2.45) is 5.41 Å². The van der Waals surface area contributed by atoms with Crippen molar-refractivity contribution in [2.45, 2.75) is 77.9 Å². The predicted molar refractivity (Wildman–Crippen MR) is 139 cm³/mol. The highest BCUT2D eigenvalue weighted by atomic mass is 16.6. The molecular formula is C29H39N3O3. The third-order valence-corrected chi connectivity index (χ3v) is 6.28. The van der Waals surface area contributed by atoms with Crippen molar-refractivity contribution in [3.63, 3.8) is 0 Å². The third-order valence-electron chi connectivity index (χ3n) is 6.28. The summed E-state index contributed by atoms with van der Waals surface area (Å²) in [5.74, 6) is -2.50. The average molecular weight is 478 g/mol. The Hall–Kier alpha value is -2.83. The summed E-state index contributed by atoms with van der Waals surface area (Å²) in [5, 5.41) is 20.5. The first-order valence-electron chi connectivity index (χ1n) is 12.7. The minimum absolute atomic E-state index is 0.342. The molecule has 6 nitrogen and oxygen atoms in total. The van der Waals surface area contributed by atoms with Gasteiger partial charge in [-0.15, -0.1) is 5.10 Å². The fourth-order valence-electron chi connectivity index (χ4n) is 4.62. The Morgan fingerprint density at radius 2 is 1.71 bits per heavy atom. The van der Waals surface area contributed by atoms with E-state index in [0.717, 1.165) is 41.8 Å². The molecule has 3 aromatic rings. The second-order valence-corrected chi connectivity index (χ2v) is 10.3. The lowest BCUT2D eigenvalue weighted by atomic mass is 9.71. The van der Waals surface area contributed by atoms with Gasteiger partial charge in [-0.3, -0.25) is 4.79 Å². The van der Waals surface area contributed by atoms with Crippen LogP contribution < -0.4 is 0 Å². The standard InChI is InChI=1S/C29H39N3O3/c1-5-6-7-8-9-13-19-35-29(34,22-33)27(28(2,3)4)24-17-14-18-25(20-24)32-30-21-26(31-32)23-15-11-10-12-16-23/h10-12,14-18,20-22,27,34H,5-9,13,19H2,1-4H3. The molecule has 2 unspecified atom stereocenters. The summed E-state index contributed by atoms with van der Waals surface area (Å²) in [6.07, 6.45) is 8.91. The summed E-state index contributed by atoms with van der Waals surface area (Å²) < 4.78 is 5.89. The number of aromatic nitrogens is 3. The van der Waals surface area contributed by atoms with Crippen LogP contribution in [0.3, 0.4) is 0 Å². The van der Waals surface area contributed by atoms with Crippen LogP contribution in [0.2, 0.25) is 0 Å². The van der Waals surface area contributed by atoms with Gasteiger partial charge in [0.05, 0.1) is 24.4 Å². The van der Waals surface area contributed by atoms with E-state index in [1.807, 2.05) is 75.4 Å². The topological polar surface area (TPSA) is 77.2 Å². The zero-order chi connectivity index (χ0) is 25.3. The molecular weight excluding hydrogens is 438 g/mol. The quantitative estimate of drug-likeness (QED) is 0.177. The van der Waals surface area contributed by atoms with Crippen LogP contribution >= 0.6 is 0 Å². The van der Waals surface area contributed by atoms with Crippen molar-refractivity contribution in [2.75, 3.05) is 6.61 Å². The first kappa shape index (κ1) is 26.8. The van der Waals surface area contributed by atoms with Gasteiger partial charge in [0.15, 0.2) is 6.29 Å². The molecule has 35 heavy (non-hydrogen) atoms. The Labute approximate surface area is 209 Å². The summed E-state index contributed by atoms with van der Waals surface area (Å²) in [6, 6.07) is 17.5. The lowest BCUT2D eigenvalue weighted by Gasteiger charge is -2.40. The Morgan fingerprint density at radius 3 is 2.40 bits per heavy atom. The third kappa shape index (κ3) is 7.09. The Morgan fingerprint density at radius 1 is 1.00 bits per heavy atom. The van der Waals surface area contributed by atoms with Crippen molar-refractivity contribution in [1.82, 2.24) is 15.0 Å². The summed E-state index contributed by atoms with van der Waals surface area (Å²) in [7, 11) is 0. The molecule has 0 fully saturated rings. The van der Waals surface area contributed by atoms with Gasteiger partial charge in [-0.1, -0.05) is 102 Å². The van der Waals surface area contributed by atoms with Gasteiger partial charge in [0.1, 0.15) is 5.69 Å². The minimum Gasteiger partial charge on any atom is -0.359 e. The molecule has 0 saturated heterocycles. The molecule has 2 atom stereocenters. The van der Waals surface area contributed by atoms with E-state index < -0.39 is 17.1 Å². The van der Waals surface area contributed by atoms with Gasteiger partial charge >= 0.3 is 0 Å².